The van der Waals surface area contributed by atoms with E-state index in [1.54, 1.807) is 0 Å². The van der Waals surface area contributed by atoms with Crippen molar-refractivity contribution in [2.24, 2.45) is 11.8 Å². The van der Waals surface area contributed by atoms with Gasteiger partial charge in [-0.3, -0.25) is 0 Å². The van der Waals surface area contributed by atoms with E-state index in [9.17, 15) is 0 Å². The van der Waals surface area contributed by atoms with Gasteiger partial charge in [-0.1, -0.05) is 36.4 Å². The van der Waals surface area contributed by atoms with Crippen molar-refractivity contribution in [2.75, 3.05) is 0 Å². The van der Waals surface area contributed by atoms with Crippen molar-refractivity contribution in [3.63, 3.8) is 0 Å². The Morgan fingerprint density at radius 3 is 2.50 bits per heavy atom. The van der Waals surface area contributed by atoms with Crippen molar-refractivity contribution in [3.8, 4) is 0 Å². The zero-order valence-electron chi connectivity index (χ0n) is 10.1. The lowest BCUT2D eigenvalue weighted by Gasteiger charge is -2.36. The van der Waals surface area contributed by atoms with Crippen LogP contribution in [0, 0.1) is 11.8 Å². The molecule has 0 N–H and O–H groups in total. The maximum Gasteiger partial charge on any atom is -0.0279 e. The van der Waals surface area contributed by atoms with Gasteiger partial charge in [-0.05, 0) is 55.9 Å². The lowest BCUT2D eigenvalue weighted by Crippen LogP contribution is -2.25. The van der Waals surface area contributed by atoms with Crippen LogP contribution in [0.15, 0.2) is 43.0 Å². The number of hydrogen-bond donors (Lipinski definition) is 0. The molecule has 0 amide bonds. The molecule has 1 aromatic carbocycles. The Morgan fingerprint density at radius 2 is 1.88 bits per heavy atom. The Hall–Kier alpha value is -1.04. The van der Waals surface area contributed by atoms with E-state index in [1.165, 1.54) is 44.1 Å². The molecule has 0 heterocycles. The van der Waals surface area contributed by atoms with Gasteiger partial charge in [-0.25, -0.2) is 0 Å². The summed E-state index contributed by atoms with van der Waals surface area (Å²) < 4.78 is 0. The summed E-state index contributed by atoms with van der Waals surface area (Å²) in [6.45, 7) is 3.84. The highest BCUT2D eigenvalue weighted by atomic mass is 14.3. The van der Waals surface area contributed by atoms with E-state index in [4.69, 9.17) is 0 Å². The average molecular weight is 214 g/mol. The first kappa shape index (κ1) is 11.4. The van der Waals surface area contributed by atoms with Gasteiger partial charge >= 0.3 is 0 Å². The molecule has 2 atom stereocenters. The van der Waals surface area contributed by atoms with Crippen molar-refractivity contribution in [2.45, 2.75) is 38.5 Å². The molecule has 2 rings (SSSR count). The van der Waals surface area contributed by atoms with Gasteiger partial charge in [0.05, 0.1) is 0 Å². The van der Waals surface area contributed by atoms with Crippen molar-refractivity contribution in [1.29, 1.82) is 0 Å². The van der Waals surface area contributed by atoms with Crippen LogP contribution < -0.4 is 0 Å². The topological polar surface area (TPSA) is 0 Å². The molecule has 0 aliphatic heterocycles. The maximum absolute atomic E-state index is 3.84. The summed E-state index contributed by atoms with van der Waals surface area (Å²) in [5.74, 6) is 1.94. The largest absolute Gasteiger partial charge is 0.103 e. The molecule has 86 valence electrons. The molecule has 0 spiro atoms. The molecule has 1 aliphatic carbocycles. The number of hydrogen-bond acceptors (Lipinski definition) is 0. The third-order valence-corrected chi connectivity index (χ3v) is 3.93. The monoisotopic (exact) mass is 214 g/mol. The Kier molecular flexibility index (Phi) is 4.21. The summed E-state index contributed by atoms with van der Waals surface area (Å²) in [6.07, 6.45) is 10.2. The Morgan fingerprint density at radius 1 is 1.12 bits per heavy atom. The third-order valence-electron chi connectivity index (χ3n) is 3.93. The third kappa shape index (κ3) is 2.98. The maximum atomic E-state index is 3.84. The summed E-state index contributed by atoms with van der Waals surface area (Å²) in [7, 11) is 0. The van der Waals surface area contributed by atoms with E-state index in [2.05, 4.69) is 43.0 Å². The highest BCUT2D eigenvalue weighted by Crippen LogP contribution is 2.40. The van der Waals surface area contributed by atoms with Crippen LogP contribution in [0.5, 0.6) is 0 Å². The highest BCUT2D eigenvalue weighted by molar-refractivity contribution is 5.14. The molecule has 0 heteroatoms. The van der Waals surface area contributed by atoms with Crippen LogP contribution in [0.25, 0.3) is 0 Å². The van der Waals surface area contributed by atoms with Crippen LogP contribution in [-0.4, -0.2) is 0 Å². The van der Waals surface area contributed by atoms with Gasteiger partial charge < -0.3 is 0 Å². The second kappa shape index (κ2) is 5.89. The minimum absolute atomic E-state index is 0.952. The second-order valence-electron chi connectivity index (χ2n) is 5.00. The quantitative estimate of drug-likeness (QED) is 0.606. The Balaban J connectivity index is 1.67. The van der Waals surface area contributed by atoms with Crippen molar-refractivity contribution < 1.29 is 0 Å². The Bertz CT molecular complexity index is 312. The molecule has 1 fully saturated rings. The van der Waals surface area contributed by atoms with Crippen molar-refractivity contribution >= 4 is 0 Å². The molecule has 16 heavy (non-hydrogen) atoms. The van der Waals surface area contributed by atoms with E-state index in [0.717, 1.165) is 11.8 Å². The number of rotatable bonds is 6. The van der Waals surface area contributed by atoms with Gasteiger partial charge in [-0.2, -0.15) is 0 Å². The van der Waals surface area contributed by atoms with E-state index < -0.39 is 0 Å². The van der Waals surface area contributed by atoms with Crippen LogP contribution in [0.1, 0.15) is 37.7 Å². The van der Waals surface area contributed by atoms with Crippen molar-refractivity contribution in [3.05, 3.63) is 48.6 Å². The molecule has 1 aromatic rings. The summed E-state index contributed by atoms with van der Waals surface area (Å²) in [5.41, 5.74) is 1.49. The van der Waals surface area contributed by atoms with E-state index in [1.807, 2.05) is 0 Å². The molecule has 0 saturated heterocycles. The van der Waals surface area contributed by atoms with Crippen LogP contribution in [0.2, 0.25) is 0 Å². The van der Waals surface area contributed by atoms with E-state index in [-0.39, 0.29) is 0 Å². The molecular formula is C16H22. The van der Waals surface area contributed by atoms with Gasteiger partial charge in [-0.15, -0.1) is 6.58 Å². The molecule has 0 radical (unpaired) electrons. The molecule has 1 saturated carbocycles. The summed E-state index contributed by atoms with van der Waals surface area (Å²) in [6, 6.07) is 10.8. The molecule has 0 unspecified atom stereocenters. The van der Waals surface area contributed by atoms with Gasteiger partial charge in [0.25, 0.3) is 0 Å². The predicted octanol–water partition coefficient (Wildman–Crippen LogP) is 4.61. The standard InChI is InChI=1S/C16H22/c1-2-7-15-12-13-16(15)11-6-10-14-8-4-3-5-9-14/h2-5,8-9,15-16H,1,6-7,10-13H2/t15-,16+/m1/s1. The number of benzene rings is 1. The first-order valence-corrected chi connectivity index (χ1v) is 6.55. The lowest BCUT2D eigenvalue weighted by atomic mass is 9.69. The van der Waals surface area contributed by atoms with Gasteiger partial charge in [0.15, 0.2) is 0 Å². The average Bonchev–Trinajstić information content (AvgIpc) is 2.31. The number of aryl methyl sites for hydroxylation is 1. The van der Waals surface area contributed by atoms with Gasteiger partial charge in [0, 0.05) is 0 Å². The molecule has 0 aromatic heterocycles. The molecular weight excluding hydrogens is 192 g/mol. The van der Waals surface area contributed by atoms with Crippen LogP contribution in [0.3, 0.4) is 0 Å². The van der Waals surface area contributed by atoms with Crippen LogP contribution in [0.4, 0.5) is 0 Å². The van der Waals surface area contributed by atoms with E-state index >= 15 is 0 Å². The summed E-state index contributed by atoms with van der Waals surface area (Å²) in [4.78, 5) is 0. The first-order chi connectivity index (χ1) is 7.90. The fraction of sp³-hybridized carbons (Fsp3) is 0.500. The smallest absolute Gasteiger partial charge is 0.0279 e. The van der Waals surface area contributed by atoms with Gasteiger partial charge in [0.1, 0.15) is 0 Å². The fourth-order valence-corrected chi connectivity index (χ4v) is 2.76. The van der Waals surface area contributed by atoms with E-state index in [0.29, 0.717) is 0 Å². The number of allylic oxidation sites excluding steroid dienone is 1. The second-order valence-corrected chi connectivity index (χ2v) is 5.00. The first-order valence-electron chi connectivity index (χ1n) is 6.55. The molecule has 1 aliphatic rings. The van der Waals surface area contributed by atoms with Gasteiger partial charge in [0.2, 0.25) is 0 Å². The molecule has 0 nitrogen and oxygen atoms in total. The van der Waals surface area contributed by atoms with Crippen molar-refractivity contribution in [1.82, 2.24) is 0 Å². The summed E-state index contributed by atoms with van der Waals surface area (Å²) >= 11 is 0. The zero-order chi connectivity index (χ0) is 11.2. The molecule has 0 bridgehead atoms. The fourth-order valence-electron chi connectivity index (χ4n) is 2.76. The lowest BCUT2D eigenvalue weighted by molar-refractivity contribution is 0.163. The van der Waals surface area contributed by atoms with Crippen LogP contribution >= 0.6 is 0 Å². The SMILES string of the molecule is C=CC[C@@H]1CC[C@@H]1CCCc1ccccc1. The Labute approximate surface area is 99.4 Å². The van der Waals surface area contributed by atoms with Crippen LogP contribution in [-0.2, 0) is 6.42 Å². The highest BCUT2D eigenvalue weighted by Gasteiger charge is 2.28. The minimum Gasteiger partial charge on any atom is -0.103 e. The normalized spacial score (nSPS) is 23.8. The minimum atomic E-state index is 0.952. The summed E-state index contributed by atoms with van der Waals surface area (Å²) in [5, 5.41) is 0. The zero-order valence-corrected chi connectivity index (χ0v) is 10.1. The predicted molar refractivity (Wildman–Crippen MR) is 70.4 cm³/mol.